The molecule has 0 aliphatic rings. The molecule has 0 heterocycles. The number of aliphatic hydroxyl groups excluding tert-OH is 1. The van der Waals surface area contributed by atoms with Gasteiger partial charge in [-0.2, -0.15) is 13.2 Å². The van der Waals surface area contributed by atoms with Gasteiger partial charge in [0.15, 0.2) is 6.10 Å². The zero-order chi connectivity index (χ0) is 12.1. The quantitative estimate of drug-likeness (QED) is 0.747. The van der Waals surface area contributed by atoms with Crippen molar-refractivity contribution in [2.75, 3.05) is 6.54 Å². The lowest BCUT2D eigenvalue weighted by Crippen LogP contribution is -2.42. The van der Waals surface area contributed by atoms with E-state index in [2.05, 4.69) is 5.32 Å². The number of alkyl halides is 3. The average Bonchev–Trinajstić information content (AvgIpc) is 2.12. The minimum atomic E-state index is -4.68. The molecule has 0 radical (unpaired) electrons. The Labute approximate surface area is 86.7 Å². The van der Waals surface area contributed by atoms with Crippen molar-refractivity contribution in [3.8, 4) is 0 Å². The fourth-order valence-corrected chi connectivity index (χ4v) is 1.05. The van der Waals surface area contributed by atoms with E-state index in [1.54, 1.807) is 6.92 Å². The van der Waals surface area contributed by atoms with Crippen LogP contribution in [0.5, 0.6) is 0 Å². The monoisotopic (exact) mass is 227 g/mol. The van der Waals surface area contributed by atoms with Crippen LogP contribution in [0.3, 0.4) is 0 Å². The van der Waals surface area contributed by atoms with Crippen LogP contribution in [0.25, 0.3) is 0 Å². The second-order valence-corrected chi connectivity index (χ2v) is 3.49. The standard InChI is InChI=1S/C9H16F3NO2/c1-3-4-6(2)8(15)13-5-7(14)9(10,11)12/h6-7,14H,3-5H2,1-2H3,(H,13,15). The van der Waals surface area contributed by atoms with Gasteiger partial charge < -0.3 is 10.4 Å². The predicted molar refractivity (Wildman–Crippen MR) is 49.1 cm³/mol. The molecule has 0 aromatic rings. The molecule has 15 heavy (non-hydrogen) atoms. The summed E-state index contributed by atoms with van der Waals surface area (Å²) in [6.45, 7) is 2.74. The maximum Gasteiger partial charge on any atom is 0.416 e. The van der Waals surface area contributed by atoms with Gasteiger partial charge >= 0.3 is 6.18 Å². The first kappa shape index (κ1) is 14.2. The third-order valence-corrected chi connectivity index (χ3v) is 2.02. The molecule has 0 saturated carbocycles. The van der Waals surface area contributed by atoms with Crippen LogP contribution < -0.4 is 5.32 Å². The molecule has 0 bridgehead atoms. The number of nitrogens with one attached hydrogen (secondary N) is 1. The normalized spacial score (nSPS) is 15.9. The molecule has 0 spiro atoms. The van der Waals surface area contributed by atoms with Crippen LogP contribution in [0.4, 0.5) is 13.2 Å². The van der Waals surface area contributed by atoms with Crippen molar-refractivity contribution in [3.05, 3.63) is 0 Å². The molecule has 3 nitrogen and oxygen atoms in total. The van der Waals surface area contributed by atoms with E-state index >= 15 is 0 Å². The van der Waals surface area contributed by atoms with Gasteiger partial charge in [0, 0.05) is 5.92 Å². The van der Waals surface area contributed by atoms with Crippen molar-refractivity contribution in [2.45, 2.75) is 39.0 Å². The molecular weight excluding hydrogens is 211 g/mol. The van der Waals surface area contributed by atoms with Crippen LogP contribution in [-0.2, 0) is 4.79 Å². The smallest absolute Gasteiger partial charge is 0.382 e. The van der Waals surface area contributed by atoms with Crippen molar-refractivity contribution < 1.29 is 23.1 Å². The minimum Gasteiger partial charge on any atom is -0.382 e. The van der Waals surface area contributed by atoms with E-state index in [9.17, 15) is 18.0 Å². The first-order valence-electron chi connectivity index (χ1n) is 4.81. The fraction of sp³-hybridized carbons (Fsp3) is 0.889. The van der Waals surface area contributed by atoms with Crippen molar-refractivity contribution in [1.29, 1.82) is 0 Å². The first-order chi connectivity index (χ1) is 6.79. The molecule has 0 aromatic carbocycles. The molecule has 6 heteroatoms. The van der Waals surface area contributed by atoms with Gasteiger partial charge in [-0.1, -0.05) is 20.3 Å². The van der Waals surface area contributed by atoms with Crippen molar-refractivity contribution in [2.24, 2.45) is 5.92 Å². The van der Waals surface area contributed by atoms with Gasteiger partial charge in [-0.15, -0.1) is 0 Å². The van der Waals surface area contributed by atoms with Gasteiger partial charge in [0.05, 0.1) is 6.54 Å². The number of amides is 1. The molecular formula is C9H16F3NO2. The Bertz CT molecular complexity index is 206. The second kappa shape index (κ2) is 5.95. The van der Waals surface area contributed by atoms with Crippen LogP contribution in [0.1, 0.15) is 26.7 Å². The number of hydrogen-bond donors (Lipinski definition) is 2. The second-order valence-electron chi connectivity index (χ2n) is 3.49. The van der Waals surface area contributed by atoms with Gasteiger partial charge in [0.2, 0.25) is 5.91 Å². The largest absolute Gasteiger partial charge is 0.416 e. The summed E-state index contributed by atoms with van der Waals surface area (Å²) in [5, 5.41) is 10.7. The number of halogens is 3. The number of carbonyl (C=O) groups is 1. The molecule has 2 N–H and O–H groups in total. The van der Waals surface area contributed by atoms with E-state index in [0.717, 1.165) is 6.42 Å². The molecule has 2 unspecified atom stereocenters. The van der Waals surface area contributed by atoms with E-state index in [0.29, 0.717) is 6.42 Å². The summed E-state index contributed by atoms with van der Waals surface area (Å²) in [4.78, 5) is 11.2. The first-order valence-corrected chi connectivity index (χ1v) is 4.81. The van der Waals surface area contributed by atoms with Gasteiger partial charge in [-0.25, -0.2) is 0 Å². The topological polar surface area (TPSA) is 49.3 Å². The minimum absolute atomic E-state index is 0.324. The Hall–Kier alpha value is -0.780. The SMILES string of the molecule is CCCC(C)C(=O)NCC(O)C(F)(F)F. The van der Waals surface area contributed by atoms with Gasteiger partial charge in [-0.05, 0) is 6.42 Å². The molecule has 2 atom stereocenters. The summed E-state index contributed by atoms with van der Waals surface area (Å²) in [5.74, 6) is -0.782. The zero-order valence-corrected chi connectivity index (χ0v) is 8.77. The van der Waals surface area contributed by atoms with Crippen LogP contribution in [0.15, 0.2) is 0 Å². The van der Waals surface area contributed by atoms with Gasteiger partial charge in [0.25, 0.3) is 0 Å². The lowest BCUT2D eigenvalue weighted by molar-refractivity contribution is -0.202. The van der Waals surface area contributed by atoms with E-state index in [-0.39, 0.29) is 5.92 Å². The lowest BCUT2D eigenvalue weighted by atomic mass is 10.1. The van der Waals surface area contributed by atoms with Crippen molar-refractivity contribution in [3.63, 3.8) is 0 Å². The zero-order valence-electron chi connectivity index (χ0n) is 8.77. The Morgan fingerprint density at radius 1 is 1.47 bits per heavy atom. The molecule has 0 fully saturated rings. The molecule has 0 aliphatic heterocycles. The number of aliphatic hydroxyl groups is 1. The lowest BCUT2D eigenvalue weighted by Gasteiger charge is -2.16. The molecule has 0 rings (SSSR count). The summed E-state index contributed by atoms with van der Waals surface area (Å²) in [7, 11) is 0. The number of rotatable bonds is 5. The summed E-state index contributed by atoms with van der Waals surface area (Å²) in [6.07, 6.45) is -5.76. The number of carbonyl (C=O) groups excluding carboxylic acids is 1. The predicted octanol–water partition coefficient (Wildman–Crippen LogP) is 1.46. The molecule has 1 amide bonds. The Kier molecular flexibility index (Phi) is 5.64. The molecule has 0 saturated heterocycles. The third-order valence-electron chi connectivity index (χ3n) is 2.02. The molecule has 0 aliphatic carbocycles. The van der Waals surface area contributed by atoms with Crippen LogP contribution in [-0.4, -0.2) is 29.8 Å². The van der Waals surface area contributed by atoms with Crippen LogP contribution in [0, 0.1) is 5.92 Å². The highest BCUT2D eigenvalue weighted by Crippen LogP contribution is 2.19. The third kappa shape index (κ3) is 5.61. The summed E-state index contributed by atoms with van der Waals surface area (Å²) < 4.78 is 35.5. The fourth-order valence-electron chi connectivity index (χ4n) is 1.05. The Morgan fingerprint density at radius 3 is 2.40 bits per heavy atom. The van der Waals surface area contributed by atoms with Crippen LogP contribution in [0.2, 0.25) is 0 Å². The van der Waals surface area contributed by atoms with Gasteiger partial charge in [0.1, 0.15) is 0 Å². The van der Waals surface area contributed by atoms with Gasteiger partial charge in [-0.3, -0.25) is 4.79 Å². The average molecular weight is 227 g/mol. The van der Waals surface area contributed by atoms with E-state index < -0.39 is 24.7 Å². The Balaban J connectivity index is 3.90. The highest BCUT2D eigenvalue weighted by Gasteiger charge is 2.38. The summed E-state index contributed by atoms with van der Waals surface area (Å²) >= 11 is 0. The van der Waals surface area contributed by atoms with Crippen LogP contribution >= 0.6 is 0 Å². The molecule has 0 aromatic heterocycles. The Morgan fingerprint density at radius 2 is 2.00 bits per heavy atom. The van der Waals surface area contributed by atoms with E-state index in [1.165, 1.54) is 0 Å². The van der Waals surface area contributed by atoms with E-state index in [4.69, 9.17) is 5.11 Å². The van der Waals surface area contributed by atoms with Crippen molar-refractivity contribution in [1.82, 2.24) is 5.32 Å². The number of hydrogen-bond acceptors (Lipinski definition) is 2. The van der Waals surface area contributed by atoms with E-state index in [1.807, 2.05) is 6.92 Å². The highest BCUT2D eigenvalue weighted by atomic mass is 19.4. The molecule has 90 valence electrons. The maximum atomic E-state index is 11.8. The highest BCUT2D eigenvalue weighted by molar-refractivity contribution is 5.78. The maximum absolute atomic E-state index is 11.8. The van der Waals surface area contributed by atoms with Crippen molar-refractivity contribution >= 4 is 5.91 Å². The summed E-state index contributed by atoms with van der Waals surface area (Å²) in [5.41, 5.74) is 0. The summed E-state index contributed by atoms with van der Waals surface area (Å²) in [6, 6.07) is 0.